The lowest BCUT2D eigenvalue weighted by atomic mass is 10.0. The minimum atomic E-state index is 0.768. The highest BCUT2D eigenvalue weighted by Gasteiger charge is 2.35. The number of likely N-dealkylation sites (N-methyl/N-ethyl adjacent to an activating group) is 1. The highest BCUT2D eigenvalue weighted by molar-refractivity contribution is 4.91. The van der Waals surface area contributed by atoms with Crippen LogP contribution in [0.1, 0.15) is 25.7 Å². The molecule has 1 heterocycles. The topological polar surface area (TPSA) is 32.5 Å². The predicted octanol–water partition coefficient (Wildman–Crippen LogP) is 0.750. The third kappa shape index (κ3) is 2.35. The largest absolute Gasteiger partial charge is 0.330 e. The van der Waals surface area contributed by atoms with Crippen LogP contribution in [0.5, 0.6) is 0 Å². The van der Waals surface area contributed by atoms with Gasteiger partial charge in [0.05, 0.1) is 0 Å². The smallest absolute Gasteiger partial charge is 0.0229 e. The maximum atomic E-state index is 5.85. The van der Waals surface area contributed by atoms with E-state index in [-0.39, 0.29) is 0 Å². The first-order chi connectivity index (χ1) is 7.22. The fourth-order valence-electron chi connectivity index (χ4n) is 3.26. The molecule has 0 spiro atoms. The minimum Gasteiger partial charge on any atom is -0.330 e. The summed E-state index contributed by atoms with van der Waals surface area (Å²) in [6.07, 6.45) is 5.45. The quantitative estimate of drug-likeness (QED) is 0.748. The summed E-state index contributed by atoms with van der Waals surface area (Å²) in [7, 11) is 4.40. The van der Waals surface area contributed by atoms with E-state index in [9.17, 15) is 0 Å². The van der Waals surface area contributed by atoms with E-state index in [4.69, 9.17) is 5.73 Å². The van der Waals surface area contributed by atoms with Gasteiger partial charge in [-0.15, -0.1) is 0 Å². The van der Waals surface area contributed by atoms with Gasteiger partial charge in [-0.1, -0.05) is 6.42 Å². The summed E-state index contributed by atoms with van der Waals surface area (Å²) in [6.45, 7) is 3.42. The molecular formula is C12H25N3. The van der Waals surface area contributed by atoms with Crippen LogP contribution in [0.2, 0.25) is 0 Å². The van der Waals surface area contributed by atoms with E-state index in [2.05, 4.69) is 23.9 Å². The molecule has 1 saturated carbocycles. The minimum absolute atomic E-state index is 0.768. The van der Waals surface area contributed by atoms with E-state index < -0.39 is 0 Å². The normalized spacial score (nSPS) is 38.0. The monoisotopic (exact) mass is 211 g/mol. The summed E-state index contributed by atoms with van der Waals surface area (Å²) >= 11 is 0. The zero-order valence-corrected chi connectivity index (χ0v) is 10.2. The summed E-state index contributed by atoms with van der Waals surface area (Å²) in [5, 5.41) is 0. The molecule has 2 N–H and O–H groups in total. The van der Waals surface area contributed by atoms with Crippen molar-refractivity contribution in [2.24, 2.45) is 11.7 Å². The first-order valence-corrected chi connectivity index (χ1v) is 6.33. The Labute approximate surface area is 93.6 Å². The van der Waals surface area contributed by atoms with E-state index in [0.29, 0.717) is 0 Å². The first kappa shape index (κ1) is 11.4. The lowest BCUT2D eigenvalue weighted by Crippen LogP contribution is -2.40. The number of nitrogens with two attached hydrogens (primary N) is 1. The molecular weight excluding hydrogens is 186 g/mol. The molecule has 0 amide bonds. The van der Waals surface area contributed by atoms with Crippen molar-refractivity contribution in [3.63, 3.8) is 0 Å². The van der Waals surface area contributed by atoms with Crippen LogP contribution in [0.15, 0.2) is 0 Å². The Kier molecular flexibility index (Phi) is 3.65. The lowest BCUT2D eigenvalue weighted by molar-refractivity contribution is 0.182. The van der Waals surface area contributed by atoms with Crippen LogP contribution in [-0.4, -0.2) is 55.6 Å². The van der Waals surface area contributed by atoms with Crippen LogP contribution in [0.25, 0.3) is 0 Å². The molecule has 0 bridgehead atoms. The molecule has 2 aliphatic rings. The fraction of sp³-hybridized carbons (Fsp3) is 1.00. The molecule has 3 heteroatoms. The van der Waals surface area contributed by atoms with Gasteiger partial charge in [-0.3, -0.25) is 4.90 Å². The molecule has 1 saturated heterocycles. The van der Waals surface area contributed by atoms with E-state index in [1.54, 1.807) is 0 Å². The van der Waals surface area contributed by atoms with Crippen LogP contribution in [0.4, 0.5) is 0 Å². The SMILES string of the molecule is CN(C)C1CCN(C2CCCC2CN)C1. The Balaban J connectivity index is 1.89. The van der Waals surface area contributed by atoms with Crippen molar-refractivity contribution >= 4 is 0 Å². The van der Waals surface area contributed by atoms with Gasteiger partial charge < -0.3 is 10.6 Å². The third-order valence-corrected chi connectivity index (χ3v) is 4.32. The second-order valence-electron chi connectivity index (χ2n) is 5.40. The van der Waals surface area contributed by atoms with Gasteiger partial charge in [0.2, 0.25) is 0 Å². The Morgan fingerprint density at radius 2 is 2.07 bits per heavy atom. The summed E-state index contributed by atoms with van der Waals surface area (Å²) in [5.74, 6) is 0.769. The first-order valence-electron chi connectivity index (χ1n) is 6.33. The van der Waals surface area contributed by atoms with Gasteiger partial charge in [-0.05, 0) is 45.8 Å². The summed E-state index contributed by atoms with van der Waals surface area (Å²) in [6, 6.07) is 1.56. The van der Waals surface area contributed by atoms with Gasteiger partial charge in [-0.2, -0.15) is 0 Å². The molecule has 88 valence electrons. The average molecular weight is 211 g/mol. The standard InChI is InChI=1S/C12H25N3/c1-14(2)11-6-7-15(9-11)12-5-3-4-10(12)8-13/h10-12H,3-9,13H2,1-2H3. The highest BCUT2D eigenvalue weighted by atomic mass is 15.3. The molecule has 3 nitrogen and oxygen atoms in total. The van der Waals surface area contributed by atoms with Gasteiger partial charge in [-0.25, -0.2) is 0 Å². The number of hydrogen-bond acceptors (Lipinski definition) is 3. The van der Waals surface area contributed by atoms with Crippen LogP contribution >= 0.6 is 0 Å². The van der Waals surface area contributed by atoms with Gasteiger partial charge in [0.25, 0.3) is 0 Å². The Bertz CT molecular complexity index is 205. The maximum absolute atomic E-state index is 5.85. The van der Waals surface area contributed by atoms with Gasteiger partial charge in [0.1, 0.15) is 0 Å². The van der Waals surface area contributed by atoms with Crippen molar-refractivity contribution in [3.8, 4) is 0 Å². The van der Waals surface area contributed by atoms with Crippen LogP contribution in [-0.2, 0) is 0 Å². The molecule has 0 aromatic rings. The molecule has 3 atom stereocenters. The van der Waals surface area contributed by atoms with Crippen LogP contribution in [0, 0.1) is 5.92 Å². The molecule has 0 radical (unpaired) electrons. The molecule has 15 heavy (non-hydrogen) atoms. The van der Waals surface area contributed by atoms with E-state index >= 15 is 0 Å². The molecule has 1 aliphatic carbocycles. The number of likely N-dealkylation sites (tertiary alicyclic amines) is 1. The van der Waals surface area contributed by atoms with Crippen molar-refractivity contribution in [1.29, 1.82) is 0 Å². The summed E-state index contributed by atoms with van der Waals surface area (Å²) in [4.78, 5) is 5.06. The van der Waals surface area contributed by atoms with Crippen molar-refractivity contribution < 1.29 is 0 Å². The molecule has 1 aliphatic heterocycles. The molecule has 0 aromatic carbocycles. The van der Waals surface area contributed by atoms with E-state index in [0.717, 1.165) is 24.5 Å². The van der Waals surface area contributed by atoms with Gasteiger partial charge in [0.15, 0.2) is 0 Å². The molecule has 3 unspecified atom stereocenters. The van der Waals surface area contributed by atoms with Crippen molar-refractivity contribution in [3.05, 3.63) is 0 Å². The van der Waals surface area contributed by atoms with Gasteiger partial charge >= 0.3 is 0 Å². The maximum Gasteiger partial charge on any atom is 0.0229 e. The van der Waals surface area contributed by atoms with Crippen LogP contribution < -0.4 is 5.73 Å². The zero-order chi connectivity index (χ0) is 10.8. The van der Waals surface area contributed by atoms with Crippen LogP contribution in [0.3, 0.4) is 0 Å². The predicted molar refractivity (Wildman–Crippen MR) is 63.8 cm³/mol. The van der Waals surface area contributed by atoms with Gasteiger partial charge in [0, 0.05) is 25.2 Å². The Hall–Kier alpha value is -0.120. The number of nitrogens with zero attached hydrogens (tertiary/aromatic N) is 2. The van der Waals surface area contributed by atoms with Crippen molar-refractivity contribution in [2.45, 2.75) is 37.8 Å². The Morgan fingerprint density at radius 3 is 2.67 bits per heavy atom. The Morgan fingerprint density at radius 1 is 1.27 bits per heavy atom. The highest BCUT2D eigenvalue weighted by Crippen LogP contribution is 2.31. The zero-order valence-electron chi connectivity index (χ0n) is 10.2. The second kappa shape index (κ2) is 4.81. The van der Waals surface area contributed by atoms with Crippen molar-refractivity contribution in [2.75, 3.05) is 33.7 Å². The van der Waals surface area contributed by atoms with E-state index in [1.807, 2.05) is 0 Å². The second-order valence-corrected chi connectivity index (χ2v) is 5.40. The van der Waals surface area contributed by atoms with E-state index in [1.165, 1.54) is 38.8 Å². The molecule has 2 rings (SSSR count). The average Bonchev–Trinajstić information content (AvgIpc) is 2.85. The van der Waals surface area contributed by atoms with Crippen molar-refractivity contribution in [1.82, 2.24) is 9.80 Å². The fourth-order valence-corrected chi connectivity index (χ4v) is 3.26. The summed E-state index contributed by atoms with van der Waals surface area (Å²) in [5.41, 5.74) is 5.85. The summed E-state index contributed by atoms with van der Waals surface area (Å²) < 4.78 is 0. The number of hydrogen-bond donors (Lipinski definition) is 1. The molecule has 0 aromatic heterocycles. The lowest BCUT2D eigenvalue weighted by Gasteiger charge is -2.29. The number of rotatable bonds is 3. The molecule has 2 fully saturated rings. The third-order valence-electron chi connectivity index (χ3n) is 4.32.